The zero-order chi connectivity index (χ0) is 13.1. The van der Waals surface area contributed by atoms with E-state index in [1.165, 1.54) is 6.33 Å². The summed E-state index contributed by atoms with van der Waals surface area (Å²) in [6, 6.07) is 0.336. The third-order valence-corrected chi connectivity index (χ3v) is 3.33. The summed E-state index contributed by atoms with van der Waals surface area (Å²) < 4.78 is 7.15. The van der Waals surface area contributed by atoms with E-state index < -0.39 is 0 Å². The fourth-order valence-corrected chi connectivity index (χ4v) is 2.27. The summed E-state index contributed by atoms with van der Waals surface area (Å²) in [4.78, 5) is 16.4. The Labute approximate surface area is 107 Å². The van der Waals surface area contributed by atoms with Crippen LogP contribution >= 0.6 is 0 Å². The molecule has 0 aromatic carbocycles. The zero-order valence-electron chi connectivity index (χ0n) is 11.1. The molecule has 0 aliphatic carbocycles. The maximum atomic E-state index is 12.3. The predicted octanol–water partition coefficient (Wildman–Crippen LogP) is 0.205. The Morgan fingerprint density at radius 1 is 1.61 bits per heavy atom. The fraction of sp³-hybridized carbons (Fsp3) is 0.750. The topological polar surface area (TPSA) is 69.0 Å². The molecule has 100 valence electrons. The van der Waals surface area contributed by atoms with Crippen LogP contribution in [-0.2, 0) is 16.0 Å². The van der Waals surface area contributed by atoms with E-state index in [0.29, 0.717) is 19.6 Å². The van der Waals surface area contributed by atoms with Crippen LogP contribution in [0.25, 0.3) is 0 Å². The van der Waals surface area contributed by atoms with E-state index >= 15 is 0 Å². The number of Topliss-reactive ketones (excluding diaryl/α,β-unsaturated/α-hetero) is 1. The zero-order valence-corrected chi connectivity index (χ0v) is 11.1. The molecule has 1 N–H and O–H groups in total. The van der Waals surface area contributed by atoms with E-state index in [1.807, 2.05) is 20.9 Å². The maximum absolute atomic E-state index is 12.3. The van der Waals surface area contributed by atoms with Crippen molar-refractivity contribution in [3.63, 3.8) is 0 Å². The van der Waals surface area contributed by atoms with Gasteiger partial charge in [-0.05, 0) is 20.9 Å². The molecule has 2 rings (SSSR count). The first-order valence-corrected chi connectivity index (χ1v) is 6.29. The number of ether oxygens (including phenoxy) is 1. The Hall–Kier alpha value is -1.27. The Balaban J connectivity index is 2.04. The van der Waals surface area contributed by atoms with Gasteiger partial charge in [-0.3, -0.25) is 4.79 Å². The summed E-state index contributed by atoms with van der Waals surface area (Å²) in [6.07, 6.45) is 1.83. The minimum Gasteiger partial charge on any atom is -0.379 e. The van der Waals surface area contributed by atoms with Gasteiger partial charge in [0.15, 0.2) is 0 Å². The summed E-state index contributed by atoms with van der Waals surface area (Å²) in [5.41, 5.74) is 0. The molecule has 0 amide bonds. The molecular formula is C12H20N4O2. The molecule has 1 aliphatic rings. The van der Waals surface area contributed by atoms with Crippen LogP contribution in [0.5, 0.6) is 0 Å². The van der Waals surface area contributed by atoms with Crippen molar-refractivity contribution in [2.24, 2.45) is 5.92 Å². The molecule has 2 heterocycles. The van der Waals surface area contributed by atoms with Crippen LogP contribution in [0.4, 0.5) is 0 Å². The van der Waals surface area contributed by atoms with Crippen LogP contribution in [0.1, 0.15) is 25.7 Å². The van der Waals surface area contributed by atoms with Crippen molar-refractivity contribution >= 4 is 5.78 Å². The first-order chi connectivity index (χ1) is 8.63. The number of rotatable bonds is 5. The van der Waals surface area contributed by atoms with Crippen molar-refractivity contribution in [1.29, 1.82) is 0 Å². The van der Waals surface area contributed by atoms with Gasteiger partial charge in [0.1, 0.15) is 17.9 Å². The van der Waals surface area contributed by atoms with Crippen LogP contribution < -0.4 is 5.32 Å². The van der Waals surface area contributed by atoms with Gasteiger partial charge in [-0.2, -0.15) is 5.10 Å². The Bertz CT molecular complexity index is 416. The molecule has 0 radical (unpaired) electrons. The molecule has 6 heteroatoms. The van der Waals surface area contributed by atoms with E-state index in [4.69, 9.17) is 4.74 Å². The van der Waals surface area contributed by atoms with Crippen molar-refractivity contribution in [2.75, 3.05) is 20.3 Å². The number of nitrogens with zero attached hydrogens (tertiary/aromatic N) is 3. The fourth-order valence-electron chi connectivity index (χ4n) is 2.27. The van der Waals surface area contributed by atoms with Gasteiger partial charge in [-0.15, -0.1) is 0 Å². The highest BCUT2D eigenvalue weighted by Gasteiger charge is 2.33. The second kappa shape index (κ2) is 5.58. The standard InChI is InChI=1S/C12H20N4O2/c1-8(2)16-12(14-7-15-16)4-11(17)9-5-18-6-10(9)13-3/h7-10,13H,4-6H2,1-3H3. The third-order valence-electron chi connectivity index (χ3n) is 3.33. The quantitative estimate of drug-likeness (QED) is 0.811. The first kappa shape index (κ1) is 13.2. The van der Waals surface area contributed by atoms with Gasteiger partial charge in [0, 0.05) is 12.1 Å². The number of hydrogen-bond acceptors (Lipinski definition) is 5. The van der Waals surface area contributed by atoms with E-state index in [9.17, 15) is 4.79 Å². The van der Waals surface area contributed by atoms with Crippen molar-refractivity contribution < 1.29 is 9.53 Å². The van der Waals surface area contributed by atoms with Crippen molar-refractivity contribution in [3.8, 4) is 0 Å². The van der Waals surface area contributed by atoms with Gasteiger partial charge < -0.3 is 10.1 Å². The summed E-state index contributed by atoms with van der Waals surface area (Å²) >= 11 is 0. The number of likely N-dealkylation sites (N-methyl/N-ethyl adjacent to an activating group) is 1. The maximum Gasteiger partial charge on any atom is 0.147 e. The highest BCUT2D eigenvalue weighted by atomic mass is 16.5. The van der Waals surface area contributed by atoms with Gasteiger partial charge in [0.25, 0.3) is 0 Å². The van der Waals surface area contributed by atoms with E-state index in [-0.39, 0.29) is 23.8 Å². The van der Waals surface area contributed by atoms with Gasteiger partial charge in [-0.1, -0.05) is 0 Å². The minimum absolute atomic E-state index is 0.0766. The van der Waals surface area contributed by atoms with E-state index in [2.05, 4.69) is 15.4 Å². The molecule has 2 unspecified atom stereocenters. The molecular weight excluding hydrogens is 232 g/mol. The first-order valence-electron chi connectivity index (χ1n) is 6.29. The Morgan fingerprint density at radius 3 is 3.06 bits per heavy atom. The van der Waals surface area contributed by atoms with Gasteiger partial charge >= 0.3 is 0 Å². The minimum atomic E-state index is -0.0766. The lowest BCUT2D eigenvalue weighted by molar-refractivity contribution is -0.122. The lowest BCUT2D eigenvalue weighted by Crippen LogP contribution is -2.38. The molecule has 1 aromatic heterocycles. The number of carbonyl (C=O) groups excluding carboxylic acids is 1. The Morgan fingerprint density at radius 2 is 2.39 bits per heavy atom. The highest BCUT2D eigenvalue weighted by molar-refractivity contribution is 5.83. The number of aromatic nitrogens is 3. The molecule has 0 spiro atoms. The second-order valence-corrected chi connectivity index (χ2v) is 4.90. The molecule has 1 fully saturated rings. The van der Waals surface area contributed by atoms with Crippen LogP contribution in [-0.4, -0.2) is 46.9 Å². The summed E-state index contributed by atoms with van der Waals surface area (Å²) in [5, 5.41) is 7.26. The highest BCUT2D eigenvalue weighted by Crippen LogP contribution is 2.17. The van der Waals surface area contributed by atoms with Crippen molar-refractivity contribution in [2.45, 2.75) is 32.4 Å². The normalized spacial score (nSPS) is 23.8. The van der Waals surface area contributed by atoms with Crippen LogP contribution in [0.15, 0.2) is 6.33 Å². The monoisotopic (exact) mass is 252 g/mol. The summed E-state index contributed by atoms with van der Waals surface area (Å²) in [6.45, 7) is 5.15. The third kappa shape index (κ3) is 2.59. The number of carbonyl (C=O) groups is 1. The van der Waals surface area contributed by atoms with Gasteiger partial charge in [-0.25, -0.2) is 9.67 Å². The molecule has 0 bridgehead atoms. The summed E-state index contributed by atoms with van der Waals surface area (Å²) in [7, 11) is 1.86. The van der Waals surface area contributed by atoms with Gasteiger partial charge in [0.05, 0.1) is 25.6 Å². The Kier molecular flexibility index (Phi) is 4.08. The molecule has 18 heavy (non-hydrogen) atoms. The average Bonchev–Trinajstić information content (AvgIpc) is 2.96. The van der Waals surface area contributed by atoms with Crippen molar-refractivity contribution in [1.82, 2.24) is 20.1 Å². The number of ketones is 1. The molecule has 2 atom stereocenters. The smallest absolute Gasteiger partial charge is 0.147 e. The van der Waals surface area contributed by atoms with E-state index in [1.54, 1.807) is 4.68 Å². The molecule has 6 nitrogen and oxygen atoms in total. The molecule has 1 aliphatic heterocycles. The largest absolute Gasteiger partial charge is 0.379 e. The lowest BCUT2D eigenvalue weighted by Gasteiger charge is -2.16. The van der Waals surface area contributed by atoms with Gasteiger partial charge in [0.2, 0.25) is 0 Å². The number of hydrogen-bond donors (Lipinski definition) is 1. The number of nitrogens with one attached hydrogen (secondary N) is 1. The SMILES string of the molecule is CNC1COCC1C(=O)Cc1ncnn1C(C)C. The summed E-state index contributed by atoms with van der Waals surface area (Å²) in [5.74, 6) is 0.825. The molecule has 0 saturated carbocycles. The average molecular weight is 252 g/mol. The second-order valence-electron chi connectivity index (χ2n) is 4.90. The lowest BCUT2D eigenvalue weighted by atomic mass is 9.96. The van der Waals surface area contributed by atoms with Crippen LogP contribution in [0.3, 0.4) is 0 Å². The van der Waals surface area contributed by atoms with Crippen LogP contribution in [0, 0.1) is 5.92 Å². The molecule has 1 aromatic rings. The van der Waals surface area contributed by atoms with E-state index in [0.717, 1.165) is 5.82 Å². The predicted molar refractivity (Wildman–Crippen MR) is 66.3 cm³/mol. The van der Waals surface area contributed by atoms with Crippen LogP contribution in [0.2, 0.25) is 0 Å². The van der Waals surface area contributed by atoms with Crippen molar-refractivity contribution in [3.05, 3.63) is 12.2 Å². The molecule has 1 saturated heterocycles.